The van der Waals surface area contributed by atoms with E-state index >= 15 is 0 Å². The fourth-order valence-corrected chi connectivity index (χ4v) is 5.73. The molecular formula is C14H15N5O6S3. The van der Waals surface area contributed by atoms with Crippen LogP contribution >= 0.6 is 11.5 Å². The van der Waals surface area contributed by atoms with Crippen molar-refractivity contribution in [2.45, 2.75) is 16.8 Å². The van der Waals surface area contributed by atoms with Crippen LogP contribution in [0.4, 0.5) is 0 Å². The van der Waals surface area contributed by atoms with Crippen molar-refractivity contribution in [3.8, 4) is 11.8 Å². The van der Waals surface area contributed by atoms with Gasteiger partial charge in [0.05, 0.1) is 26.0 Å². The van der Waals surface area contributed by atoms with Crippen LogP contribution in [0.1, 0.15) is 6.92 Å². The van der Waals surface area contributed by atoms with Gasteiger partial charge in [-0.1, -0.05) is 6.92 Å². The van der Waals surface area contributed by atoms with Gasteiger partial charge in [-0.3, -0.25) is 0 Å². The molecule has 14 heteroatoms. The van der Waals surface area contributed by atoms with Crippen LogP contribution in [0.25, 0.3) is 5.78 Å². The summed E-state index contributed by atoms with van der Waals surface area (Å²) < 4.78 is 65.2. The fraction of sp³-hybridized carbons (Fsp3) is 0.286. The number of pyridine rings is 1. The molecule has 0 N–H and O–H groups in total. The smallest absolute Gasteiger partial charge is 0.303 e. The normalized spacial score (nSPS) is 13.0. The fourth-order valence-electron chi connectivity index (χ4n) is 2.17. The average Bonchev–Trinajstić information content (AvgIpc) is 3.08. The van der Waals surface area contributed by atoms with E-state index in [1.54, 1.807) is 0 Å². The van der Waals surface area contributed by atoms with Gasteiger partial charge >= 0.3 is 10.0 Å². The molecule has 0 aliphatic rings. The van der Waals surface area contributed by atoms with Crippen LogP contribution in [0.5, 0.6) is 11.8 Å². The molecule has 3 heterocycles. The molecule has 0 aromatic carbocycles. The molecule has 0 atom stereocenters. The van der Waals surface area contributed by atoms with Crippen LogP contribution in [0.3, 0.4) is 0 Å². The first kappa shape index (κ1) is 20.2. The zero-order chi connectivity index (χ0) is 20.5. The maximum Gasteiger partial charge on any atom is 0.303 e. The van der Waals surface area contributed by atoms with Gasteiger partial charge < -0.3 is 9.47 Å². The molecule has 28 heavy (non-hydrogen) atoms. The van der Waals surface area contributed by atoms with Crippen LogP contribution in [-0.2, 0) is 19.9 Å². The van der Waals surface area contributed by atoms with Crippen LogP contribution in [0.2, 0.25) is 0 Å². The van der Waals surface area contributed by atoms with Gasteiger partial charge in [-0.2, -0.15) is 22.2 Å². The summed E-state index contributed by atoms with van der Waals surface area (Å²) in [6.45, 7) is 1.41. The Morgan fingerprint density at radius 2 is 1.93 bits per heavy atom. The monoisotopic (exact) mass is 445 g/mol. The number of rotatable bonds is 6. The van der Waals surface area contributed by atoms with E-state index in [4.69, 9.17) is 9.47 Å². The average molecular weight is 446 g/mol. The molecule has 150 valence electrons. The second kappa shape index (κ2) is 7.44. The van der Waals surface area contributed by atoms with Crippen molar-refractivity contribution in [3.63, 3.8) is 0 Å². The predicted octanol–water partition coefficient (Wildman–Crippen LogP) is 0.286. The lowest BCUT2D eigenvalue weighted by molar-refractivity contribution is 0.372. The highest BCUT2D eigenvalue weighted by Crippen LogP contribution is 2.22. The molecule has 0 fully saturated rings. The van der Waals surface area contributed by atoms with E-state index in [1.807, 2.05) is 0 Å². The molecule has 0 aliphatic heterocycles. The molecule has 0 unspecified atom stereocenters. The Bertz CT molecular complexity index is 1310. The van der Waals surface area contributed by atoms with Crippen molar-refractivity contribution >= 4 is 37.2 Å². The molecule has 0 aliphatic carbocycles. The molecule has 0 bridgehead atoms. The third-order valence-electron chi connectivity index (χ3n) is 3.52. The number of methoxy groups -OCH3 is 2. The van der Waals surface area contributed by atoms with E-state index in [1.165, 1.54) is 49.3 Å². The van der Waals surface area contributed by atoms with Crippen LogP contribution in [0.15, 0.2) is 38.7 Å². The summed E-state index contributed by atoms with van der Waals surface area (Å²) in [5.74, 6) is 0.361. The molecule has 3 aromatic rings. The van der Waals surface area contributed by atoms with E-state index in [-0.39, 0.29) is 22.2 Å². The summed E-state index contributed by atoms with van der Waals surface area (Å²) in [6.07, 6.45) is 1.18. The maximum absolute atomic E-state index is 12.7. The van der Waals surface area contributed by atoms with Crippen molar-refractivity contribution in [2.75, 3.05) is 20.0 Å². The number of sulfonamides is 1. The van der Waals surface area contributed by atoms with Gasteiger partial charge in [0.2, 0.25) is 16.6 Å². The highest BCUT2D eigenvalue weighted by molar-refractivity contribution is 7.93. The molecule has 3 aromatic heterocycles. The summed E-state index contributed by atoms with van der Waals surface area (Å²) in [6, 6.07) is 4.01. The highest BCUT2D eigenvalue weighted by atomic mass is 32.2. The first-order valence-corrected chi connectivity index (χ1v) is 11.6. The lowest BCUT2D eigenvalue weighted by Crippen LogP contribution is -2.14. The van der Waals surface area contributed by atoms with Gasteiger partial charge in [0.25, 0.3) is 5.78 Å². The minimum absolute atomic E-state index is 0.109. The molecule has 11 nitrogen and oxygen atoms in total. The zero-order valence-corrected chi connectivity index (χ0v) is 17.4. The first-order valence-electron chi connectivity index (χ1n) is 7.69. The summed E-state index contributed by atoms with van der Waals surface area (Å²) in [5, 5.41) is -0.654. The molecule has 0 saturated carbocycles. The molecule has 0 saturated heterocycles. The van der Waals surface area contributed by atoms with Gasteiger partial charge in [0, 0.05) is 6.20 Å². The molecule has 0 radical (unpaired) electrons. The topological polar surface area (TPSA) is 142 Å². The van der Waals surface area contributed by atoms with Crippen molar-refractivity contribution < 1.29 is 26.3 Å². The minimum Gasteiger partial charge on any atom is -0.481 e. The van der Waals surface area contributed by atoms with Crippen molar-refractivity contribution in [2.24, 2.45) is 4.40 Å². The summed E-state index contributed by atoms with van der Waals surface area (Å²) >= 11 is 0.848. The number of aromatic nitrogens is 4. The Morgan fingerprint density at radius 3 is 2.57 bits per heavy atom. The van der Waals surface area contributed by atoms with E-state index in [0.29, 0.717) is 5.88 Å². The lowest BCUT2D eigenvalue weighted by Gasteiger charge is -2.05. The van der Waals surface area contributed by atoms with Crippen molar-refractivity contribution in [1.82, 2.24) is 18.7 Å². The zero-order valence-electron chi connectivity index (χ0n) is 14.9. The molecular weight excluding hydrogens is 430 g/mol. The van der Waals surface area contributed by atoms with Gasteiger partial charge in [-0.25, -0.2) is 13.4 Å². The van der Waals surface area contributed by atoms with Gasteiger partial charge in [0.15, 0.2) is 14.9 Å². The third kappa shape index (κ3) is 3.70. The van der Waals surface area contributed by atoms with E-state index in [0.717, 1.165) is 11.5 Å². The maximum atomic E-state index is 12.7. The Kier molecular flexibility index (Phi) is 5.36. The SMILES string of the molecule is CCS(=O)(=O)c1cccnc1S(=O)(=O)/N=c1/nc2nc(OC)cc(OC)n2s1. The van der Waals surface area contributed by atoms with Gasteiger partial charge in [0.1, 0.15) is 4.90 Å². The quantitative estimate of drug-likeness (QED) is 0.523. The number of nitrogens with zero attached hydrogens (tertiary/aromatic N) is 5. The second-order valence-electron chi connectivity index (χ2n) is 5.20. The second-order valence-corrected chi connectivity index (χ2v) is 9.88. The Hall–Kier alpha value is -2.58. The summed E-state index contributed by atoms with van der Waals surface area (Å²) in [4.78, 5) is 11.3. The number of ether oxygens (including phenoxy) is 2. The molecule has 3 rings (SSSR count). The predicted molar refractivity (Wildman–Crippen MR) is 98.7 cm³/mol. The number of fused-ring (bicyclic) bond motifs is 1. The largest absolute Gasteiger partial charge is 0.481 e. The summed E-state index contributed by atoms with van der Waals surface area (Å²) in [5.41, 5.74) is 0. The highest BCUT2D eigenvalue weighted by Gasteiger charge is 2.27. The third-order valence-corrected chi connectivity index (χ3v) is 7.62. The van der Waals surface area contributed by atoms with Crippen molar-refractivity contribution in [1.29, 1.82) is 0 Å². The van der Waals surface area contributed by atoms with E-state index in [2.05, 4.69) is 19.3 Å². The standard InChI is InChI=1S/C14H15N5O6S3/c1-4-27(20,21)9-6-5-7-15-12(9)28(22,23)18-14-17-13-16-10(24-2)8-11(25-3)19(13)26-14/h5-8H,4H2,1-3H3/b18-14-. The van der Waals surface area contributed by atoms with Crippen LogP contribution < -0.4 is 14.3 Å². The number of sulfone groups is 1. The molecule has 0 amide bonds. The summed E-state index contributed by atoms with van der Waals surface area (Å²) in [7, 11) is -5.44. The van der Waals surface area contributed by atoms with Gasteiger partial charge in [-0.05, 0) is 23.7 Å². The minimum atomic E-state index is -4.45. The molecule has 0 spiro atoms. The van der Waals surface area contributed by atoms with Gasteiger partial charge in [-0.15, -0.1) is 4.40 Å². The lowest BCUT2D eigenvalue weighted by atomic mass is 10.5. The number of hydrogen-bond acceptors (Lipinski definition) is 10. The Labute approximate surface area is 164 Å². The number of hydrogen-bond donors (Lipinski definition) is 0. The van der Waals surface area contributed by atoms with E-state index in [9.17, 15) is 16.8 Å². The first-order chi connectivity index (χ1) is 13.2. The van der Waals surface area contributed by atoms with Crippen LogP contribution in [0, 0.1) is 0 Å². The Balaban J connectivity index is 2.22. The van der Waals surface area contributed by atoms with Crippen LogP contribution in [-0.4, -0.2) is 55.6 Å². The van der Waals surface area contributed by atoms with E-state index < -0.39 is 29.8 Å². The Morgan fingerprint density at radius 1 is 1.18 bits per heavy atom. The van der Waals surface area contributed by atoms with Crippen molar-refractivity contribution in [3.05, 3.63) is 29.2 Å².